The number of hydrogen-bond donors (Lipinski definition) is 2. The van der Waals surface area contributed by atoms with E-state index in [4.69, 9.17) is 0 Å². The minimum absolute atomic E-state index is 0. The van der Waals surface area contributed by atoms with Gasteiger partial charge in [0.05, 0.1) is 0 Å². The standard InChI is InChI=1S/C18H25N5.HI/c1-3-11-20-18(22-15-17-19-13-14-23(17)2)21-12-7-10-16-8-5-4-6-9-16;/h3-6,8-9,13-14H,1,7,10-12,15H2,2H3,(H2,20,21,22);1H. The van der Waals surface area contributed by atoms with E-state index in [-0.39, 0.29) is 24.0 Å². The van der Waals surface area contributed by atoms with Crippen LogP contribution in [-0.4, -0.2) is 28.6 Å². The average Bonchev–Trinajstić information content (AvgIpc) is 2.99. The molecule has 5 nitrogen and oxygen atoms in total. The summed E-state index contributed by atoms with van der Waals surface area (Å²) in [5.74, 6) is 1.73. The molecule has 0 fully saturated rings. The molecular weight excluding hydrogens is 413 g/mol. The van der Waals surface area contributed by atoms with Gasteiger partial charge in [0, 0.05) is 32.5 Å². The molecule has 1 aromatic carbocycles. The van der Waals surface area contributed by atoms with Crippen molar-refractivity contribution in [2.45, 2.75) is 19.4 Å². The molecule has 6 heteroatoms. The Hall–Kier alpha value is -1.83. The Labute approximate surface area is 161 Å². The second-order valence-electron chi connectivity index (χ2n) is 5.30. The van der Waals surface area contributed by atoms with Crippen LogP contribution >= 0.6 is 24.0 Å². The number of hydrogen-bond acceptors (Lipinski definition) is 2. The number of nitrogens with one attached hydrogen (secondary N) is 2. The maximum Gasteiger partial charge on any atom is 0.191 e. The first-order valence-corrected chi connectivity index (χ1v) is 7.93. The van der Waals surface area contributed by atoms with Gasteiger partial charge in [-0.3, -0.25) is 0 Å². The van der Waals surface area contributed by atoms with Gasteiger partial charge in [-0.05, 0) is 18.4 Å². The lowest BCUT2D eigenvalue weighted by Gasteiger charge is -2.11. The quantitative estimate of drug-likeness (QED) is 0.219. The fraction of sp³-hybridized carbons (Fsp3) is 0.333. The van der Waals surface area contributed by atoms with Crippen molar-refractivity contribution in [1.82, 2.24) is 20.2 Å². The molecule has 0 atom stereocenters. The lowest BCUT2D eigenvalue weighted by molar-refractivity contribution is 0.738. The van der Waals surface area contributed by atoms with Gasteiger partial charge in [0.2, 0.25) is 0 Å². The fourth-order valence-electron chi connectivity index (χ4n) is 2.19. The predicted octanol–water partition coefficient (Wildman–Crippen LogP) is 2.89. The minimum Gasteiger partial charge on any atom is -0.356 e. The first-order chi connectivity index (χ1) is 11.3. The number of nitrogens with zero attached hydrogens (tertiary/aromatic N) is 3. The van der Waals surface area contributed by atoms with Crippen LogP contribution in [0.3, 0.4) is 0 Å². The molecular formula is C18H26IN5. The monoisotopic (exact) mass is 439 g/mol. The number of imidazole rings is 1. The molecule has 0 saturated heterocycles. The second-order valence-corrected chi connectivity index (χ2v) is 5.30. The predicted molar refractivity (Wildman–Crippen MR) is 111 cm³/mol. The highest BCUT2D eigenvalue weighted by molar-refractivity contribution is 14.0. The van der Waals surface area contributed by atoms with Crippen molar-refractivity contribution in [3.05, 3.63) is 66.8 Å². The molecule has 0 amide bonds. The van der Waals surface area contributed by atoms with Crippen molar-refractivity contribution in [3.63, 3.8) is 0 Å². The molecule has 0 aliphatic rings. The number of aromatic nitrogens is 2. The number of aliphatic imine (C=N–C) groups is 1. The molecule has 0 bridgehead atoms. The molecule has 0 aliphatic carbocycles. The van der Waals surface area contributed by atoms with Crippen molar-refractivity contribution in [2.75, 3.05) is 13.1 Å². The van der Waals surface area contributed by atoms with Gasteiger partial charge < -0.3 is 15.2 Å². The Kier molecular flexibility index (Phi) is 9.83. The third-order valence-electron chi connectivity index (χ3n) is 3.49. The van der Waals surface area contributed by atoms with Gasteiger partial charge in [-0.15, -0.1) is 30.6 Å². The molecule has 0 spiro atoms. The van der Waals surface area contributed by atoms with Crippen LogP contribution in [0.2, 0.25) is 0 Å². The number of rotatable bonds is 8. The smallest absolute Gasteiger partial charge is 0.191 e. The Morgan fingerprint density at radius 3 is 2.75 bits per heavy atom. The molecule has 2 rings (SSSR count). The largest absolute Gasteiger partial charge is 0.356 e. The summed E-state index contributed by atoms with van der Waals surface area (Å²) in [7, 11) is 1.97. The van der Waals surface area contributed by atoms with Crippen LogP contribution in [0, 0.1) is 0 Å². The van der Waals surface area contributed by atoms with E-state index in [1.165, 1.54) is 5.56 Å². The molecule has 0 radical (unpaired) electrons. The van der Waals surface area contributed by atoms with Gasteiger partial charge in [0.15, 0.2) is 5.96 Å². The first kappa shape index (κ1) is 20.2. The lowest BCUT2D eigenvalue weighted by atomic mass is 10.1. The van der Waals surface area contributed by atoms with Crippen LogP contribution in [0.4, 0.5) is 0 Å². The third kappa shape index (κ3) is 7.16. The zero-order valence-electron chi connectivity index (χ0n) is 14.1. The van der Waals surface area contributed by atoms with Gasteiger partial charge >= 0.3 is 0 Å². The van der Waals surface area contributed by atoms with Crippen molar-refractivity contribution in [1.29, 1.82) is 0 Å². The molecule has 0 unspecified atom stereocenters. The van der Waals surface area contributed by atoms with Crippen LogP contribution in [-0.2, 0) is 20.0 Å². The van der Waals surface area contributed by atoms with Crippen LogP contribution in [0.25, 0.3) is 0 Å². The van der Waals surface area contributed by atoms with Crippen LogP contribution in [0.15, 0.2) is 60.4 Å². The summed E-state index contributed by atoms with van der Waals surface area (Å²) in [6, 6.07) is 10.5. The van der Waals surface area contributed by atoms with E-state index in [2.05, 4.69) is 51.5 Å². The Morgan fingerprint density at radius 1 is 1.29 bits per heavy atom. The zero-order chi connectivity index (χ0) is 16.3. The molecule has 0 saturated carbocycles. The molecule has 0 aliphatic heterocycles. The van der Waals surface area contributed by atoms with Gasteiger partial charge in [-0.25, -0.2) is 9.98 Å². The summed E-state index contributed by atoms with van der Waals surface area (Å²) in [4.78, 5) is 8.86. The van der Waals surface area contributed by atoms with Crippen molar-refractivity contribution < 1.29 is 0 Å². The maximum atomic E-state index is 4.57. The highest BCUT2D eigenvalue weighted by Gasteiger charge is 2.01. The van der Waals surface area contributed by atoms with Crippen LogP contribution in [0.5, 0.6) is 0 Å². The number of benzene rings is 1. The molecule has 1 heterocycles. The Morgan fingerprint density at radius 2 is 2.08 bits per heavy atom. The van der Waals surface area contributed by atoms with E-state index in [1.807, 2.05) is 30.0 Å². The SMILES string of the molecule is C=CCNC(=NCc1nccn1C)NCCCc1ccccc1.I. The highest BCUT2D eigenvalue weighted by atomic mass is 127. The zero-order valence-corrected chi connectivity index (χ0v) is 16.4. The molecule has 2 N–H and O–H groups in total. The van der Waals surface area contributed by atoms with E-state index in [0.717, 1.165) is 31.2 Å². The van der Waals surface area contributed by atoms with Gasteiger partial charge in [-0.1, -0.05) is 36.4 Å². The number of aryl methyl sites for hydroxylation is 2. The van der Waals surface area contributed by atoms with E-state index < -0.39 is 0 Å². The summed E-state index contributed by atoms with van der Waals surface area (Å²) < 4.78 is 1.98. The second kappa shape index (κ2) is 11.7. The molecule has 130 valence electrons. The molecule has 2 aromatic rings. The van der Waals surface area contributed by atoms with Crippen molar-refractivity contribution >= 4 is 29.9 Å². The lowest BCUT2D eigenvalue weighted by Crippen LogP contribution is -2.38. The summed E-state index contributed by atoms with van der Waals surface area (Å²) >= 11 is 0. The average molecular weight is 439 g/mol. The van der Waals surface area contributed by atoms with Crippen LogP contribution in [0.1, 0.15) is 17.8 Å². The topological polar surface area (TPSA) is 54.2 Å². The number of halogens is 1. The Balaban J connectivity index is 0.00000288. The van der Waals surface area contributed by atoms with E-state index in [1.54, 1.807) is 6.20 Å². The summed E-state index contributed by atoms with van der Waals surface area (Å²) in [5, 5.41) is 6.59. The first-order valence-electron chi connectivity index (χ1n) is 7.93. The fourth-order valence-corrected chi connectivity index (χ4v) is 2.19. The molecule has 24 heavy (non-hydrogen) atoms. The van der Waals surface area contributed by atoms with E-state index in [9.17, 15) is 0 Å². The van der Waals surface area contributed by atoms with Crippen molar-refractivity contribution in [2.24, 2.45) is 12.0 Å². The third-order valence-corrected chi connectivity index (χ3v) is 3.49. The van der Waals surface area contributed by atoms with Gasteiger partial charge in [0.1, 0.15) is 12.4 Å². The Bertz CT molecular complexity index is 621. The number of guanidine groups is 1. The maximum absolute atomic E-state index is 4.57. The highest BCUT2D eigenvalue weighted by Crippen LogP contribution is 2.01. The van der Waals surface area contributed by atoms with E-state index >= 15 is 0 Å². The summed E-state index contributed by atoms with van der Waals surface area (Å²) in [5.41, 5.74) is 1.36. The minimum atomic E-state index is 0. The van der Waals surface area contributed by atoms with E-state index in [0.29, 0.717) is 13.1 Å². The normalized spacial score (nSPS) is 10.8. The summed E-state index contributed by atoms with van der Waals surface area (Å²) in [6.45, 7) is 5.84. The van der Waals surface area contributed by atoms with Crippen LogP contribution < -0.4 is 10.6 Å². The summed E-state index contributed by atoms with van der Waals surface area (Å²) in [6.07, 6.45) is 7.65. The van der Waals surface area contributed by atoms with Crippen molar-refractivity contribution in [3.8, 4) is 0 Å². The molecule has 1 aromatic heterocycles. The van der Waals surface area contributed by atoms with Gasteiger partial charge in [-0.2, -0.15) is 0 Å². The van der Waals surface area contributed by atoms with Gasteiger partial charge in [0.25, 0.3) is 0 Å².